The Morgan fingerprint density at radius 1 is 1.46 bits per heavy atom. The molecule has 0 saturated heterocycles. The molecule has 0 unspecified atom stereocenters. The van der Waals surface area contributed by atoms with Gasteiger partial charge in [-0.25, -0.2) is 0 Å². The van der Waals surface area contributed by atoms with Gasteiger partial charge in [-0.1, -0.05) is 6.07 Å². The summed E-state index contributed by atoms with van der Waals surface area (Å²) in [5.74, 6) is 0. The molecule has 0 aliphatic carbocycles. The topological polar surface area (TPSA) is 28.7 Å². The Hall–Kier alpha value is -1.35. The van der Waals surface area contributed by atoms with Crippen molar-refractivity contribution in [3.63, 3.8) is 0 Å². The van der Waals surface area contributed by atoms with E-state index >= 15 is 0 Å². The van der Waals surface area contributed by atoms with E-state index in [1.807, 2.05) is 25.1 Å². The van der Waals surface area contributed by atoms with Gasteiger partial charge in [0.1, 0.15) is 0 Å². The molecular formula is C10H10N2S. The number of H-pyrrole nitrogens is 1. The highest BCUT2D eigenvalue weighted by atomic mass is 32.1. The van der Waals surface area contributed by atoms with Crippen LogP contribution < -0.4 is 0 Å². The predicted molar refractivity (Wildman–Crippen MR) is 56.6 cm³/mol. The Bertz CT molecular complexity index is 398. The number of thiophene rings is 1. The number of nitrogens with zero attached hydrogens (tertiary/aromatic N) is 1. The van der Waals surface area contributed by atoms with E-state index in [2.05, 4.69) is 27.7 Å². The molecule has 0 saturated carbocycles. The largest absolute Gasteiger partial charge is 0.282 e. The molecule has 2 aromatic rings. The highest BCUT2D eigenvalue weighted by molar-refractivity contribution is 7.10. The van der Waals surface area contributed by atoms with Crippen LogP contribution in [0.15, 0.2) is 23.6 Å². The smallest absolute Gasteiger partial charge is 0.0851 e. The van der Waals surface area contributed by atoms with Gasteiger partial charge in [0.05, 0.1) is 5.69 Å². The van der Waals surface area contributed by atoms with Crippen molar-refractivity contribution in [2.45, 2.75) is 6.92 Å². The van der Waals surface area contributed by atoms with E-state index in [1.165, 1.54) is 4.88 Å². The average Bonchev–Trinajstić information content (AvgIpc) is 2.71. The average molecular weight is 190 g/mol. The van der Waals surface area contributed by atoms with Gasteiger partial charge in [0.25, 0.3) is 0 Å². The molecule has 0 atom stereocenters. The predicted octanol–water partition coefficient (Wildman–Crippen LogP) is 2.95. The lowest BCUT2D eigenvalue weighted by atomic mass is 10.3. The molecule has 2 rings (SSSR count). The maximum absolute atomic E-state index is 4.11. The summed E-state index contributed by atoms with van der Waals surface area (Å²) in [4.78, 5) is 1.25. The van der Waals surface area contributed by atoms with E-state index in [0.29, 0.717) is 0 Å². The number of aromatic amines is 1. The highest BCUT2D eigenvalue weighted by Crippen LogP contribution is 2.12. The van der Waals surface area contributed by atoms with Crippen molar-refractivity contribution in [2.24, 2.45) is 0 Å². The second-order valence-electron chi connectivity index (χ2n) is 2.82. The molecule has 0 fully saturated rings. The monoisotopic (exact) mass is 190 g/mol. The summed E-state index contributed by atoms with van der Waals surface area (Å²) in [7, 11) is 0. The summed E-state index contributed by atoms with van der Waals surface area (Å²) >= 11 is 1.72. The number of rotatable bonds is 2. The van der Waals surface area contributed by atoms with Crippen LogP contribution in [0.1, 0.15) is 16.3 Å². The van der Waals surface area contributed by atoms with E-state index in [0.717, 1.165) is 11.4 Å². The van der Waals surface area contributed by atoms with Gasteiger partial charge in [-0.05, 0) is 36.6 Å². The number of hydrogen-bond acceptors (Lipinski definition) is 2. The summed E-state index contributed by atoms with van der Waals surface area (Å²) in [5, 5.41) is 9.07. The molecule has 0 bridgehead atoms. The van der Waals surface area contributed by atoms with Crippen LogP contribution in [0, 0.1) is 6.92 Å². The quantitative estimate of drug-likeness (QED) is 0.775. The van der Waals surface area contributed by atoms with Gasteiger partial charge in [0.15, 0.2) is 0 Å². The molecular weight excluding hydrogens is 180 g/mol. The van der Waals surface area contributed by atoms with Crippen molar-refractivity contribution in [3.05, 3.63) is 39.8 Å². The van der Waals surface area contributed by atoms with Crippen LogP contribution in [0.4, 0.5) is 0 Å². The second-order valence-corrected chi connectivity index (χ2v) is 3.80. The lowest BCUT2D eigenvalue weighted by molar-refractivity contribution is 1.04. The summed E-state index contributed by atoms with van der Waals surface area (Å²) in [5.41, 5.74) is 2.07. The Balaban J connectivity index is 2.14. The number of hydrogen-bond donors (Lipinski definition) is 1. The zero-order valence-corrected chi connectivity index (χ0v) is 8.14. The zero-order chi connectivity index (χ0) is 9.10. The molecule has 2 aromatic heterocycles. The van der Waals surface area contributed by atoms with E-state index in [9.17, 15) is 0 Å². The Labute approximate surface area is 80.9 Å². The summed E-state index contributed by atoms with van der Waals surface area (Å²) in [6, 6.07) is 6.14. The third-order valence-electron chi connectivity index (χ3n) is 1.69. The molecule has 66 valence electrons. The first-order chi connectivity index (χ1) is 6.34. The Morgan fingerprint density at radius 3 is 3.00 bits per heavy atom. The van der Waals surface area contributed by atoms with Crippen LogP contribution in [-0.2, 0) is 0 Å². The minimum Gasteiger partial charge on any atom is -0.282 e. The van der Waals surface area contributed by atoms with E-state index in [-0.39, 0.29) is 0 Å². The van der Waals surface area contributed by atoms with E-state index in [1.54, 1.807) is 11.3 Å². The number of nitrogens with one attached hydrogen (secondary N) is 1. The fraction of sp³-hybridized carbons (Fsp3) is 0.100. The van der Waals surface area contributed by atoms with Gasteiger partial charge >= 0.3 is 0 Å². The van der Waals surface area contributed by atoms with Gasteiger partial charge in [0, 0.05) is 10.6 Å². The normalized spacial score (nSPS) is 11.2. The molecule has 2 heterocycles. The first kappa shape index (κ1) is 8.26. The van der Waals surface area contributed by atoms with Crippen molar-refractivity contribution < 1.29 is 0 Å². The first-order valence-electron chi connectivity index (χ1n) is 4.08. The SMILES string of the molecule is Cc1cc(/C=C/c2cccs2)n[nH]1. The number of aryl methyl sites for hydroxylation is 1. The molecule has 0 amide bonds. The van der Waals surface area contributed by atoms with Crippen LogP contribution in [0.25, 0.3) is 12.2 Å². The zero-order valence-electron chi connectivity index (χ0n) is 7.32. The van der Waals surface area contributed by atoms with Crippen molar-refractivity contribution >= 4 is 23.5 Å². The van der Waals surface area contributed by atoms with Crippen LogP contribution in [-0.4, -0.2) is 10.2 Å². The standard InChI is InChI=1S/C10H10N2S/c1-8-7-9(12-11-8)4-5-10-3-2-6-13-10/h2-7H,1H3,(H,11,12)/b5-4+. The minimum absolute atomic E-state index is 0.978. The van der Waals surface area contributed by atoms with Crippen molar-refractivity contribution in [1.82, 2.24) is 10.2 Å². The van der Waals surface area contributed by atoms with Gasteiger partial charge in [-0.15, -0.1) is 11.3 Å². The number of aromatic nitrogens is 2. The van der Waals surface area contributed by atoms with Crippen molar-refractivity contribution in [2.75, 3.05) is 0 Å². The Kier molecular flexibility index (Phi) is 2.27. The van der Waals surface area contributed by atoms with Gasteiger partial charge < -0.3 is 0 Å². The second kappa shape index (κ2) is 3.58. The lowest BCUT2D eigenvalue weighted by Gasteiger charge is -1.81. The van der Waals surface area contributed by atoms with Crippen LogP contribution in [0.3, 0.4) is 0 Å². The molecule has 0 aliphatic rings. The van der Waals surface area contributed by atoms with Crippen LogP contribution in [0.5, 0.6) is 0 Å². The van der Waals surface area contributed by atoms with E-state index in [4.69, 9.17) is 0 Å². The summed E-state index contributed by atoms with van der Waals surface area (Å²) in [6.07, 6.45) is 4.08. The van der Waals surface area contributed by atoms with E-state index < -0.39 is 0 Å². The van der Waals surface area contributed by atoms with Crippen molar-refractivity contribution in [1.29, 1.82) is 0 Å². The molecule has 0 aromatic carbocycles. The Morgan fingerprint density at radius 2 is 2.38 bits per heavy atom. The molecule has 3 heteroatoms. The molecule has 0 radical (unpaired) electrons. The fourth-order valence-corrected chi connectivity index (χ4v) is 1.70. The summed E-state index contributed by atoms with van der Waals surface area (Å²) < 4.78 is 0. The fourth-order valence-electron chi connectivity index (χ4n) is 1.08. The maximum Gasteiger partial charge on any atom is 0.0851 e. The lowest BCUT2D eigenvalue weighted by Crippen LogP contribution is -1.70. The molecule has 0 aliphatic heterocycles. The maximum atomic E-state index is 4.11. The van der Waals surface area contributed by atoms with Gasteiger partial charge in [-0.3, -0.25) is 5.10 Å². The van der Waals surface area contributed by atoms with Gasteiger partial charge in [-0.2, -0.15) is 5.10 Å². The van der Waals surface area contributed by atoms with Crippen molar-refractivity contribution in [3.8, 4) is 0 Å². The first-order valence-corrected chi connectivity index (χ1v) is 4.96. The van der Waals surface area contributed by atoms with Gasteiger partial charge in [0.2, 0.25) is 0 Å². The third kappa shape index (κ3) is 2.06. The molecule has 0 spiro atoms. The highest BCUT2D eigenvalue weighted by Gasteiger charge is 1.91. The minimum atomic E-state index is 0.978. The van der Waals surface area contributed by atoms with Crippen LogP contribution >= 0.6 is 11.3 Å². The third-order valence-corrected chi connectivity index (χ3v) is 2.52. The molecule has 1 N–H and O–H groups in total. The van der Waals surface area contributed by atoms with Crippen LogP contribution in [0.2, 0.25) is 0 Å². The molecule has 2 nitrogen and oxygen atoms in total. The molecule has 13 heavy (non-hydrogen) atoms. The summed E-state index contributed by atoms with van der Waals surface area (Å²) in [6.45, 7) is 2.00.